The molecule has 1 atom stereocenters. The number of aromatic nitrogens is 1. The molecule has 0 aliphatic carbocycles. The zero-order valence-electron chi connectivity index (χ0n) is 9.39. The Kier molecular flexibility index (Phi) is 3.70. The fraction of sp³-hybridized carbons (Fsp3) is 0.308. The quantitative estimate of drug-likeness (QED) is 0.880. The standard InChI is InChI=1S/C13H16N2S/c1-10-4-2-3-5-11(10)6-12(14)7-13-8-15-9-16-13/h2-5,8-9,12H,6-7,14H2,1H3. The minimum absolute atomic E-state index is 0.182. The van der Waals surface area contributed by atoms with Crippen LogP contribution in [0.15, 0.2) is 36.0 Å². The van der Waals surface area contributed by atoms with Crippen LogP contribution in [0.5, 0.6) is 0 Å². The maximum Gasteiger partial charge on any atom is 0.0794 e. The van der Waals surface area contributed by atoms with Gasteiger partial charge in [-0.3, -0.25) is 4.98 Å². The van der Waals surface area contributed by atoms with Gasteiger partial charge >= 0.3 is 0 Å². The molecule has 0 radical (unpaired) electrons. The lowest BCUT2D eigenvalue weighted by Crippen LogP contribution is -2.25. The second kappa shape index (κ2) is 5.23. The highest BCUT2D eigenvalue weighted by Crippen LogP contribution is 2.13. The highest BCUT2D eigenvalue weighted by atomic mass is 32.1. The van der Waals surface area contributed by atoms with Crippen molar-refractivity contribution in [1.82, 2.24) is 4.98 Å². The van der Waals surface area contributed by atoms with E-state index in [2.05, 4.69) is 36.2 Å². The molecule has 1 heterocycles. The summed E-state index contributed by atoms with van der Waals surface area (Å²) in [6.07, 6.45) is 3.76. The molecule has 0 bridgehead atoms. The molecule has 0 amide bonds. The summed E-state index contributed by atoms with van der Waals surface area (Å²) in [6.45, 7) is 2.13. The van der Waals surface area contributed by atoms with Crippen LogP contribution in [0.3, 0.4) is 0 Å². The van der Waals surface area contributed by atoms with Gasteiger partial charge in [-0.2, -0.15) is 0 Å². The molecule has 0 aliphatic heterocycles. The van der Waals surface area contributed by atoms with Crippen LogP contribution in [0.25, 0.3) is 0 Å². The SMILES string of the molecule is Cc1ccccc1CC(N)Cc1cncs1. The van der Waals surface area contributed by atoms with E-state index in [0.29, 0.717) is 0 Å². The lowest BCUT2D eigenvalue weighted by atomic mass is 10.00. The number of aryl methyl sites for hydroxylation is 1. The predicted molar refractivity (Wildman–Crippen MR) is 68.7 cm³/mol. The highest BCUT2D eigenvalue weighted by Gasteiger charge is 2.07. The van der Waals surface area contributed by atoms with Crippen molar-refractivity contribution in [3.63, 3.8) is 0 Å². The molecule has 84 valence electrons. The summed E-state index contributed by atoms with van der Waals surface area (Å²) in [4.78, 5) is 5.33. The van der Waals surface area contributed by atoms with Crippen LogP contribution in [0, 0.1) is 6.92 Å². The Morgan fingerprint density at radius 1 is 1.31 bits per heavy atom. The monoisotopic (exact) mass is 232 g/mol. The Morgan fingerprint density at radius 3 is 2.81 bits per heavy atom. The van der Waals surface area contributed by atoms with Crippen molar-refractivity contribution in [2.45, 2.75) is 25.8 Å². The van der Waals surface area contributed by atoms with Crippen molar-refractivity contribution >= 4 is 11.3 Å². The van der Waals surface area contributed by atoms with Gasteiger partial charge in [-0.25, -0.2) is 0 Å². The van der Waals surface area contributed by atoms with E-state index in [1.807, 2.05) is 11.7 Å². The van der Waals surface area contributed by atoms with Gasteiger partial charge in [0.1, 0.15) is 0 Å². The number of rotatable bonds is 4. The topological polar surface area (TPSA) is 38.9 Å². The summed E-state index contributed by atoms with van der Waals surface area (Å²) >= 11 is 1.67. The van der Waals surface area contributed by atoms with E-state index in [-0.39, 0.29) is 6.04 Å². The average molecular weight is 232 g/mol. The van der Waals surface area contributed by atoms with Crippen LogP contribution in [-0.2, 0) is 12.8 Å². The van der Waals surface area contributed by atoms with Crippen LogP contribution < -0.4 is 5.73 Å². The van der Waals surface area contributed by atoms with Gasteiger partial charge < -0.3 is 5.73 Å². The number of hydrogen-bond donors (Lipinski definition) is 1. The molecule has 0 aliphatic rings. The van der Waals surface area contributed by atoms with Gasteiger partial charge in [-0.15, -0.1) is 11.3 Å². The maximum absolute atomic E-state index is 6.14. The molecule has 2 aromatic rings. The smallest absolute Gasteiger partial charge is 0.0794 e. The minimum atomic E-state index is 0.182. The molecule has 2 N–H and O–H groups in total. The molecule has 3 heteroatoms. The molecular formula is C13H16N2S. The number of thiazole rings is 1. The summed E-state index contributed by atoms with van der Waals surface area (Å²) in [5.41, 5.74) is 10.7. The van der Waals surface area contributed by atoms with Gasteiger partial charge in [-0.05, 0) is 30.9 Å². The van der Waals surface area contributed by atoms with Crippen LogP contribution >= 0.6 is 11.3 Å². The summed E-state index contributed by atoms with van der Waals surface area (Å²) < 4.78 is 0. The van der Waals surface area contributed by atoms with Crippen molar-refractivity contribution in [3.8, 4) is 0 Å². The molecule has 1 aromatic carbocycles. The zero-order chi connectivity index (χ0) is 11.4. The molecule has 0 fully saturated rings. The highest BCUT2D eigenvalue weighted by molar-refractivity contribution is 7.09. The van der Waals surface area contributed by atoms with Gasteiger partial charge in [0.2, 0.25) is 0 Å². The van der Waals surface area contributed by atoms with Crippen molar-refractivity contribution in [1.29, 1.82) is 0 Å². The van der Waals surface area contributed by atoms with Crippen LogP contribution in [-0.4, -0.2) is 11.0 Å². The first-order valence-corrected chi connectivity index (χ1v) is 6.31. The first-order valence-electron chi connectivity index (χ1n) is 5.43. The Morgan fingerprint density at radius 2 is 2.12 bits per heavy atom. The van der Waals surface area contributed by atoms with Crippen LogP contribution in [0.2, 0.25) is 0 Å². The summed E-state index contributed by atoms with van der Waals surface area (Å²) in [7, 11) is 0. The molecule has 0 saturated heterocycles. The van der Waals surface area contributed by atoms with Crippen molar-refractivity contribution in [2.24, 2.45) is 5.73 Å². The molecular weight excluding hydrogens is 216 g/mol. The summed E-state index contributed by atoms with van der Waals surface area (Å²) in [5, 5.41) is 0. The third-order valence-electron chi connectivity index (χ3n) is 2.69. The van der Waals surface area contributed by atoms with Crippen molar-refractivity contribution < 1.29 is 0 Å². The number of nitrogens with two attached hydrogens (primary N) is 1. The third kappa shape index (κ3) is 2.90. The van der Waals surface area contributed by atoms with E-state index in [1.165, 1.54) is 16.0 Å². The fourth-order valence-electron chi connectivity index (χ4n) is 1.80. The third-order valence-corrected chi connectivity index (χ3v) is 3.49. The Bertz CT molecular complexity index is 437. The normalized spacial score (nSPS) is 12.6. The molecule has 0 saturated carbocycles. The van der Waals surface area contributed by atoms with E-state index in [1.54, 1.807) is 11.3 Å². The zero-order valence-corrected chi connectivity index (χ0v) is 10.2. The van der Waals surface area contributed by atoms with E-state index in [9.17, 15) is 0 Å². The van der Waals surface area contributed by atoms with Crippen LogP contribution in [0.1, 0.15) is 16.0 Å². The average Bonchev–Trinajstić information content (AvgIpc) is 2.74. The number of nitrogens with zero attached hydrogens (tertiary/aromatic N) is 1. The minimum Gasteiger partial charge on any atom is -0.327 e. The number of benzene rings is 1. The van der Waals surface area contributed by atoms with Crippen molar-refractivity contribution in [2.75, 3.05) is 0 Å². The van der Waals surface area contributed by atoms with E-state index in [4.69, 9.17) is 5.73 Å². The summed E-state index contributed by atoms with van der Waals surface area (Å²) in [5.74, 6) is 0. The molecule has 2 rings (SSSR count). The molecule has 0 spiro atoms. The maximum atomic E-state index is 6.14. The molecule has 1 aromatic heterocycles. The first kappa shape index (κ1) is 11.3. The Labute approximate surface area is 100 Å². The van der Waals surface area contributed by atoms with Gasteiger partial charge in [0.25, 0.3) is 0 Å². The predicted octanol–water partition coefficient (Wildman–Crippen LogP) is 2.56. The molecule has 16 heavy (non-hydrogen) atoms. The molecule has 1 unspecified atom stereocenters. The number of hydrogen-bond acceptors (Lipinski definition) is 3. The first-order chi connectivity index (χ1) is 7.75. The summed E-state index contributed by atoms with van der Waals surface area (Å²) in [6, 6.07) is 8.60. The second-order valence-corrected chi connectivity index (χ2v) is 5.03. The largest absolute Gasteiger partial charge is 0.327 e. The van der Waals surface area contributed by atoms with Crippen molar-refractivity contribution in [3.05, 3.63) is 52.0 Å². The Balaban J connectivity index is 1.97. The van der Waals surface area contributed by atoms with Gasteiger partial charge in [-0.1, -0.05) is 24.3 Å². The van der Waals surface area contributed by atoms with Crippen LogP contribution in [0.4, 0.5) is 0 Å². The van der Waals surface area contributed by atoms with Gasteiger partial charge in [0.05, 0.1) is 5.51 Å². The Hall–Kier alpha value is -1.19. The lowest BCUT2D eigenvalue weighted by molar-refractivity contribution is 0.668. The second-order valence-electron chi connectivity index (χ2n) is 4.06. The molecule has 2 nitrogen and oxygen atoms in total. The van der Waals surface area contributed by atoms with E-state index in [0.717, 1.165) is 12.8 Å². The van der Waals surface area contributed by atoms with E-state index < -0.39 is 0 Å². The fourth-order valence-corrected chi connectivity index (χ4v) is 2.48. The van der Waals surface area contributed by atoms with E-state index >= 15 is 0 Å². The lowest BCUT2D eigenvalue weighted by Gasteiger charge is -2.12. The van der Waals surface area contributed by atoms with Gasteiger partial charge in [0.15, 0.2) is 0 Å². The van der Waals surface area contributed by atoms with Gasteiger partial charge in [0, 0.05) is 17.1 Å².